The van der Waals surface area contributed by atoms with Gasteiger partial charge in [-0.25, -0.2) is 9.97 Å². The van der Waals surface area contributed by atoms with Crippen molar-refractivity contribution in [2.45, 2.75) is 25.2 Å². The van der Waals surface area contributed by atoms with E-state index in [0.29, 0.717) is 21.7 Å². The number of esters is 1. The Morgan fingerprint density at radius 3 is 2.57 bits per heavy atom. The highest BCUT2D eigenvalue weighted by atomic mass is 19.4. The molecule has 1 atom stereocenters. The first-order valence-electron chi connectivity index (χ1n) is 10.2. The topological polar surface area (TPSA) is 109 Å². The molecule has 0 saturated carbocycles. The Kier molecular flexibility index (Phi) is 6.33. The van der Waals surface area contributed by atoms with E-state index in [2.05, 4.69) is 15.1 Å². The number of alkyl halides is 3. The number of rotatable bonds is 7. The van der Waals surface area contributed by atoms with Gasteiger partial charge in [-0.15, -0.1) is 0 Å². The van der Waals surface area contributed by atoms with E-state index >= 15 is 0 Å². The lowest BCUT2D eigenvalue weighted by Crippen LogP contribution is -2.29. The Labute approximate surface area is 197 Å². The van der Waals surface area contributed by atoms with Crippen LogP contribution in [0.3, 0.4) is 0 Å². The smallest absolute Gasteiger partial charge is 0.408 e. The third-order valence-electron chi connectivity index (χ3n) is 5.36. The van der Waals surface area contributed by atoms with E-state index in [1.165, 1.54) is 32.4 Å². The Morgan fingerprint density at radius 2 is 1.91 bits per heavy atom. The van der Waals surface area contributed by atoms with Crippen molar-refractivity contribution >= 4 is 17.6 Å². The normalized spacial score (nSPS) is 15.2. The van der Waals surface area contributed by atoms with Crippen LogP contribution >= 0.6 is 0 Å². The summed E-state index contributed by atoms with van der Waals surface area (Å²) in [6.45, 7) is -1.32. The van der Waals surface area contributed by atoms with Crippen LogP contribution in [0.1, 0.15) is 28.5 Å². The second kappa shape index (κ2) is 9.24. The zero-order valence-corrected chi connectivity index (χ0v) is 18.9. The molecule has 10 nitrogen and oxygen atoms in total. The fraction of sp³-hybridized carbons (Fsp3) is 0.318. The van der Waals surface area contributed by atoms with Gasteiger partial charge in [-0.05, 0) is 18.2 Å². The van der Waals surface area contributed by atoms with E-state index in [9.17, 15) is 22.8 Å². The van der Waals surface area contributed by atoms with Gasteiger partial charge in [-0.3, -0.25) is 19.2 Å². The van der Waals surface area contributed by atoms with Crippen LogP contribution in [0.25, 0.3) is 11.3 Å². The van der Waals surface area contributed by atoms with Gasteiger partial charge in [0.15, 0.2) is 5.75 Å². The number of anilines is 1. The van der Waals surface area contributed by atoms with Gasteiger partial charge in [0.2, 0.25) is 0 Å². The van der Waals surface area contributed by atoms with Gasteiger partial charge in [-0.2, -0.15) is 18.3 Å². The van der Waals surface area contributed by atoms with Crippen LogP contribution in [-0.4, -0.2) is 59.1 Å². The number of pyridine rings is 2. The summed E-state index contributed by atoms with van der Waals surface area (Å²) in [7, 11) is 4.11. The average Bonchev–Trinajstić information content (AvgIpc) is 3.38. The molecule has 0 radical (unpaired) electrons. The van der Waals surface area contributed by atoms with Crippen molar-refractivity contribution in [3.05, 3.63) is 48.0 Å². The zero-order valence-electron chi connectivity index (χ0n) is 18.9. The van der Waals surface area contributed by atoms with Gasteiger partial charge in [-0.1, -0.05) is 0 Å². The summed E-state index contributed by atoms with van der Waals surface area (Å²) in [5.41, 5.74) is 1.58. The lowest BCUT2D eigenvalue weighted by atomic mass is 10.1. The van der Waals surface area contributed by atoms with Gasteiger partial charge in [0.05, 0.1) is 62.6 Å². The maximum atomic E-state index is 13.2. The molecular weight excluding hydrogens is 471 g/mol. The number of amides is 1. The first-order chi connectivity index (χ1) is 16.6. The largest absolute Gasteiger partial charge is 0.491 e. The Hall–Kier alpha value is -4.16. The zero-order chi connectivity index (χ0) is 25.3. The number of hydrogen-bond acceptors (Lipinski definition) is 8. The molecule has 3 aromatic heterocycles. The summed E-state index contributed by atoms with van der Waals surface area (Å²) in [6, 6.07) is 3.89. The van der Waals surface area contributed by atoms with Crippen molar-refractivity contribution in [2.24, 2.45) is 0 Å². The minimum atomic E-state index is -4.49. The lowest BCUT2D eigenvalue weighted by Gasteiger charge is -2.22. The molecule has 1 unspecified atom stereocenters. The SMILES string of the molecule is COC(=O)CC1c2nc(-c3cnc(OC)c(OC)c3)ccc2C(=O)N1c1cnn(CC(F)(F)F)c1. The van der Waals surface area contributed by atoms with Crippen molar-refractivity contribution in [2.75, 3.05) is 26.2 Å². The lowest BCUT2D eigenvalue weighted by molar-refractivity contribution is -0.143. The Balaban J connectivity index is 1.75. The van der Waals surface area contributed by atoms with Gasteiger partial charge in [0, 0.05) is 18.0 Å². The molecule has 0 spiro atoms. The first kappa shape index (κ1) is 24.0. The minimum Gasteiger partial charge on any atom is -0.491 e. The monoisotopic (exact) mass is 491 g/mol. The van der Waals surface area contributed by atoms with Gasteiger partial charge in [0.1, 0.15) is 6.54 Å². The van der Waals surface area contributed by atoms with Gasteiger partial charge in [0.25, 0.3) is 11.8 Å². The summed E-state index contributed by atoms with van der Waals surface area (Å²) >= 11 is 0. The van der Waals surface area contributed by atoms with Crippen LogP contribution in [0.4, 0.5) is 18.9 Å². The number of carbonyl (C=O) groups excluding carboxylic acids is 2. The summed E-state index contributed by atoms with van der Waals surface area (Å²) in [5.74, 6) is -0.500. The van der Waals surface area contributed by atoms with E-state index in [1.54, 1.807) is 18.2 Å². The molecule has 184 valence electrons. The molecule has 1 aliphatic rings. The van der Waals surface area contributed by atoms with Crippen molar-refractivity contribution in [3.8, 4) is 22.9 Å². The van der Waals surface area contributed by atoms with Crippen molar-refractivity contribution < 1.29 is 37.0 Å². The summed E-state index contributed by atoms with van der Waals surface area (Å²) in [4.78, 5) is 35.4. The second-order valence-electron chi connectivity index (χ2n) is 7.55. The molecule has 0 saturated heterocycles. The number of hydrogen-bond donors (Lipinski definition) is 0. The average molecular weight is 491 g/mol. The van der Waals surface area contributed by atoms with E-state index in [0.717, 1.165) is 12.4 Å². The molecule has 13 heteroatoms. The molecule has 1 aliphatic heterocycles. The molecule has 0 N–H and O–H groups in total. The molecule has 35 heavy (non-hydrogen) atoms. The molecule has 3 aromatic rings. The maximum absolute atomic E-state index is 13.2. The highest BCUT2D eigenvalue weighted by Gasteiger charge is 2.41. The van der Waals surface area contributed by atoms with E-state index in [1.807, 2.05) is 0 Å². The fourth-order valence-electron chi connectivity index (χ4n) is 3.81. The predicted molar refractivity (Wildman–Crippen MR) is 115 cm³/mol. The Bertz CT molecular complexity index is 1280. The van der Waals surface area contributed by atoms with E-state index < -0.39 is 30.6 Å². The predicted octanol–water partition coefficient (Wildman–Crippen LogP) is 3.18. The summed E-state index contributed by atoms with van der Waals surface area (Å²) in [6.07, 6.45) is -1.00. The number of methoxy groups -OCH3 is 3. The molecule has 4 heterocycles. The summed E-state index contributed by atoms with van der Waals surface area (Å²) < 4.78 is 54.2. The number of fused-ring (bicyclic) bond motifs is 1. The third-order valence-corrected chi connectivity index (χ3v) is 5.36. The van der Waals surface area contributed by atoms with Crippen molar-refractivity contribution in [1.29, 1.82) is 0 Å². The highest BCUT2D eigenvalue weighted by molar-refractivity contribution is 6.11. The van der Waals surface area contributed by atoms with Gasteiger partial charge < -0.3 is 14.2 Å². The molecule has 0 aromatic carbocycles. The van der Waals surface area contributed by atoms with Crippen molar-refractivity contribution in [1.82, 2.24) is 19.7 Å². The third kappa shape index (κ3) is 4.74. The molecule has 1 amide bonds. The van der Waals surface area contributed by atoms with Crippen LogP contribution in [0, 0.1) is 0 Å². The van der Waals surface area contributed by atoms with Crippen LogP contribution in [0.2, 0.25) is 0 Å². The van der Waals surface area contributed by atoms with Crippen LogP contribution in [0.5, 0.6) is 11.6 Å². The number of carbonyl (C=O) groups is 2. The van der Waals surface area contributed by atoms with Crippen molar-refractivity contribution in [3.63, 3.8) is 0 Å². The van der Waals surface area contributed by atoms with Crippen LogP contribution in [0.15, 0.2) is 36.8 Å². The van der Waals surface area contributed by atoms with Gasteiger partial charge >= 0.3 is 12.1 Å². The Morgan fingerprint density at radius 1 is 1.14 bits per heavy atom. The first-order valence-corrected chi connectivity index (χ1v) is 10.2. The van der Waals surface area contributed by atoms with Crippen LogP contribution in [-0.2, 0) is 16.1 Å². The maximum Gasteiger partial charge on any atom is 0.408 e. The fourth-order valence-corrected chi connectivity index (χ4v) is 3.81. The molecular formula is C22H20F3N5O5. The molecule has 0 fully saturated rings. The standard InChI is InChI=1S/C22H20F3N5O5/c1-33-17-6-12(8-26-20(17)35-3)15-5-4-14-19(28-15)16(7-18(31)34-2)30(21(14)32)13-9-27-29(10-13)11-22(23,24)25/h4-6,8-10,16H,7,11H2,1-3H3. The highest BCUT2D eigenvalue weighted by Crippen LogP contribution is 2.40. The molecule has 4 rings (SSSR count). The summed E-state index contributed by atoms with van der Waals surface area (Å²) in [5, 5.41) is 3.71. The van der Waals surface area contributed by atoms with Crippen LogP contribution < -0.4 is 14.4 Å². The quantitative estimate of drug-likeness (QED) is 0.464. The number of nitrogens with zero attached hydrogens (tertiary/aromatic N) is 5. The van der Waals surface area contributed by atoms with E-state index in [-0.39, 0.29) is 29.2 Å². The number of halogens is 3. The van der Waals surface area contributed by atoms with E-state index in [4.69, 9.17) is 14.2 Å². The second-order valence-corrected chi connectivity index (χ2v) is 7.55. The molecule has 0 bridgehead atoms. The number of aromatic nitrogens is 4. The number of ether oxygens (including phenoxy) is 3. The minimum absolute atomic E-state index is 0.0977. The molecule has 0 aliphatic carbocycles.